The van der Waals surface area contributed by atoms with Gasteiger partial charge in [0.2, 0.25) is 0 Å². The molecule has 0 spiro atoms. The summed E-state index contributed by atoms with van der Waals surface area (Å²) in [7, 11) is 0. The first-order valence-electron chi connectivity index (χ1n) is 9.21. The van der Waals surface area contributed by atoms with Crippen molar-refractivity contribution in [2.75, 3.05) is 5.32 Å². The van der Waals surface area contributed by atoms with Crippen LogP contribution < -0.4 is 10.9 Å². The Morgan fingerprint density at radius 3 is 2.52 bits per heavy atom. The summed E-state index contributed by atoms with van der Waals surface area (Å²) in [6.45, 7) is -0.584. The summed E-state index contributed by atoms with van der Waals surface area (Å²) in [5, 5.41) is 14.4. The fourth-order valence-electron chi connectivity index (χ4n) is 3.03. The van der Waals surface area contributed by atoms with Crippen LogP contribution in [0.2, 0.25) is 0 Å². The fourth-order valence-corrected chi connectivity index (χ4v) is 3.67. The van der Waals surface area contributed by atoms with Crippen molar-refractivity contribution in [1.29, 1.82) is 0 Å². The number of rotatable bonds is 6. The van der Waals surface area contributed by atoms with Crippen LogP contribution in [0.1, 0.15) is 10.4 Å². The highest BCUT2D eigenvalue weighted by molar-refractivity contribution is 7.13. The predicted octanol–water partition coefficient (Wildman–Crippen LogP) is 3.37. The van der Waals surface area contributed by atoms with Gasteiger partial charge in [-0.25, -0.2) is 9.97 Å². The van der Waals surface area contributed by atoms with Crippen LogP contribution in [-0.4, -0.2) is 31.5 Å². The number of anilines is 1. The van der Waals surface area contributed by atoms with Gasteiger partial charge < -0.3 is 10.4 Å². The van der Waals surface area contributed by atoms with E-state index in [9.17, 15) is 19.5 Å². The van der Waals surface area contributed by atoms with Gasteiger partial charge in [-0.1, -0.05) is 42.5 Å². The van der Waals surface area contributed by atoms with E-state index in [4.69, 9.17) is 0 Å². The first kappa shape index (κ1) is 20.2. The maximum atomic E-state index is 13.0. The second-order valence-electron chi connectivity index (χ2n) is 6.52. The van der Waals surface area contributed by atoms with Crippen molar-refractivity contribution < 1.29 is 14.7 Å². The Morgan fingerprint density at radius 1 is 1.03 bits per heavy atom. The van der Waals surface area contributed by atoms with Crippen molar-refractivity contribution in [3.8, 4) is 22.0 Å². The second-order valence-corrected chi connectivity index (χ2v) is 7.41. The zero-order valence-electron chi connectivity index (χ0n) is 16.1. The molecule has 0 aliphatic rings. The number of amides is 1. The molecule has 2 heterocycles. The van der Waals surface area contributed by atoms with Crippen LogP contribution in [-0.2, 0) is 11.3 Å². The summed E-state index contributed by atoms with van der Waals surface area (Å²) in [5.74, 6) is -1.50. The molecule has 0 atom stereocenters. The SMILES string of the molecule is O=C(O)Cn1c(-c2ccccc2)ncc(NC(=O)c2cccc(-c3nccs3)c2)c1=O. The molecule has 1 amide bonds. The number of carboxylic acids is 1. The lowest BCUT2D eigenvalue weighted by atomic mass is 10.1. The summed E-state index contributed by atoms with van der Waals surface area (Å²) in [6, 6.07) is 15.6. The number of thiazole rings is 1. The Bertz CT molecular complexity index is 1300. The molecule has 0 unspecified atom stereocenters. The maximum absolute atomic E-state index is 13.0. The van der Waals surface area contributed by atoms with E-state index in [1.54, 1.807) is 54.7 Å². The minimum Gasteiger partial charge on any atom is -0.480 e. The van der Waals surface area contributed by atoms with E-state index in [0.717, 1.165) is 15.1 Å². The molecule has 154 valence electrons. The van der Waals surface area contributed by atoms with Gasteiger partial charge in [0.1, 0.15) is 23.1 Å². The van der Waals surface area contributed by atoms with Gasteiger partial charge in [0.05, 0.1) is 6.20 Å². The number of hydrogen-bond acceptors (Lipinski definition) is 6. The molecule has 0 radical (unpaired) electrons. The number of hydrogen-bond donors (Lipinski definition) is 2. The molecule has 9 heteroatoms. The third-order valence-corrected chi connectivity index (χ3v) is 5.25. The Hall–Kier alpha value is -4.11. The molecule has 0 bridgehead atoms. The molecule has 0 fully saturated rings. The van der Waals surface area contributed by atoms with Gasteiger partial charge in [-0.05, 0) is 12.1 Å². The Kier molecular flexibility index (Phi) is 5.67. The number of aliphatic carboxylic acids is 1. The van der Waals surface area contributed by atoms with Crippen LogP contribution in [0.4, 0.5) is 5.69 Å². The van der Waals surface area contributed by atoms with E-state index in [0.29, 0.717) is 11.1 Å². The van der Waals surface area contributed by atoms with E-state index < -0.39 is 24.0 Å². The second kappa shape index (κ2) is 8.72. The zero-order valence-corrected chi connectivity index (χ0v) is 16.9. The van der Waals surface area contributed by atoms with E-state index >= 15 is 0 Å². The topological polar surface area (TPSA) is 114 Å². The van der Waals surface area contributed by atoms with E-state index in [2.05, 4.69) is 15.3 Å². The highest BCUT2D eigenvalue weighted by Crippen LogP contribution is 2.23. The molecule has 0 saturated carbocycles. The average Bonchev–Trinajstić information content (AvgIpc) is 3.32. The third-order valence-electron chi connectivity index (χ3n) is 4.42. The Labute approximate surface area is 180 Å². The van der Waals surface area contributed by atoms with Gasteiger partial charge in [-0.15, -0.1) is 11.3 Å². The van der Waals surface area contributed by atoms with Crippen molar-refractivity contribution in [2.24, 2.45) is 0 Å². The number of carboxylic acid groups (broad SMARTS) is 1. The molecule has 0 saturated heterocycles. The van der Waals surface area contributed by atoms with Crippen LogP contribution in [0.3, 0.4) is 0 Å². The minimum atomic E-state index is -1.19. The van der Waals surface area contributed by atoms with Crippen molar-refractivity contribution in [3.05, 3.63) is 88.3 Å². The van der Waals surface area contributed by atoms with Crippen molar-refractivity contribution in [1.82, 2.24) is 14.5 Å². The summed E-state index contributed by atoms with van der Waals surface area (Å²) in [5.41, 5.74) is 0.952. The van der Waals surface area contributed by atoms with Gasteiger partial charge >= 0.3 is 5.97 Å². The smallest absolute Gasteiger partial charge is 0.323 e. The largest absolute Gasteiger partial charge is 0.480 e. The lowest BCUT2D eigenvalue weighted by Crippen LogP contribution is -2.30. The van der Waals surface area contributed by atoms with Gasteiger partial charge in [0.15, 0.2) is 0 Å². The van der Waals surface area contributed by atoms with Gasteiger partial charge in [-0.3, -0.25) is 19.0 Å². The number of nitrogens with one attached hydrogen (secondary N) is 1. The summed E-state index contributed by atoms with van der Waals surface area (Å²) in [6.07, 6.45) is 2.92. The van der Waals surface area contributed by atoms with Crippen LogP contribution in [0.15, 0.2) is 77.2 Å². The normalized spacial score (nSPS) is 10.6. The molecule has 0 aliphatic heterocycles. The van der Waals surface area contributed by atoms with Crippen LogP contribution in [0.25, 0.3) is 22.0 Å². The number of carbonyl (C=O) groups is 2. The zero-order chi connectivity index (χ0) is 21.8. The Balaban J connectivity index is 1.67. The highest BCUT2D eigenvalue weighted by atomic mass is 32.1. The van der Waals surface area contributed by atoms with Crippen molar-refractivity contribution in [2.45, 2.75) is 6.54 Å². The predicted molar refractivity (Wildman–Crippen MR) is 117 cm³/mol. The lowest BCUT2D eigenvalue weighted by Gasteiger charge is -2.13. The molecule has 2 aromatic carbocycles. The molecule has 31 heavy (non-hydrogen) atoms. The summed E-state index contributed by atoms with van der Waals surface area (Å²) < 4.78 is 1.03. The summed E-state index contributed by atoms with van der Waals surface area (Å²) >= 11 is 1.45. The van der Waals surface area contributed by atoms with Crippen LogP contribution >= 0.6 is 11.3 Å². The number of benzene rings is 2. The number of carbonyl (C=O) groups excluding carboxylic acids is 1. The third kappa shape index (κ3) is 4.41. The van der Waals surface area contributed by atoms with Crippen molar-refractivity contribution >= 4 is 28.9 Å². The monoisotopic (exact) mass is 432 g/mol. The Morgan fingerprint density at radius 2 is 1.81 bits per heavy atom. The first-order valence-corrected chi connectivity index (χ1v) is 10.1. The molecule has 8 nitrogen and oxygen atoms in total. The minimum absolute atomic E-state index is 0.106. The molecular formula is C22H16N4O4S. The van der Waals surface area contributed by atoms with Gasteiger partial charge in [0, 0.05) is 28.3 Å². The van der Waals surface area contributed by atoms with Gasteiger partial charge in [-0.2, -0.15) is 0 Å². The first-order chi connectivity index (χ1) is 15.0. The van der Waals surface area contributed by atoms with Crippen LogP contribution in [0.5, 0.6) is 0 Å². The standard InChI is InChI=1S/C22H16N4O4S/c27-18(28)13-26-19(14-5-2-1-3-6-14)24-12-17(22(26)30)25-20(29)15-7-4-8-16(11-15)21-23-9-10-31-21/h1-12H,13H2,(H,25,29)(H,27,28). The molecule has 0 aliphatic carbocycles. The molecular weight excluding hydrogens is 416 g/mol. The quantitative estimate of drug-likeness (QED) is 0.483. The molecule has 4 aromatic rings. The molecule has 2 aromatic heterocycles. The highest BCUT2D eigenvalue weighted by Gasteiger charge is 2.17. The van der Waals surface area contributed by atoms with E-state index in [1.165, 1.54) is 17.5 Å². The van der Waals surface area contributed by atoms with E-state index in [-0.39, 0.29) is 11.5 Å². The van der Waals surface area contributed by atoms with Crippen LogP contribution in [0, 0.1) is 0 Å². The fraction of sp³-hybridized carbons (Fsp3) is 0.0455. The average molecular weight is 432 g/mol. The number of aromatic nitrogens is 3. The van der Waals surface area contributed by atoms with Gasteiger partial charge in [0.25, 0.3) is 11.5 Å². The van der Waals surface area contributed by atoms with E-state index in [1.807, 2.05) is 11.4 Å². The maximum Gasteiger partial charge on any atom is 0.323 e. The molecule has 2 N–H and O–H groups in total. The molecule has 4 rings (SSSR count). The number of nitrogens with zero attached hydrogens (tertiary/aromatic N) is 3. The lowest BCUT2D eigenvalue weighted by molar-refractivity contribution is -0.137. The summed E-state index contributed by atoms with van der Waals surface area (Å²) in [4.78, 5) is 45.5. The van der Waals surface area contributed by atoms with Crippen molar-refractivity contribution in [3.63, 3.8) is 0 Å².